The zero-order chi connectivity index (χ0) is 13.7. The number of carbonyl (C=O) groups excluding carboxylic acids is 1. The van der Waals surface area contributed by atoms with Gasteiger partial charge in [0.25, 0.3) is 0 Å². The van der Waals surface area contributed by atoms with Crippen molar-refractivity contribution in [1.29, 1.82) is 0 Å². The first-order valence-electron chi connectivity index (χ1n) is 6.52. The fraction of sp³-hybridized carbons (Fsp3) is 0.500. The first kappa shape index (κ1) is 14.5. The number of benzene rings is 1. The van der Waals surface area contributed by atoms with Gasteiger partial charge in [0.1, 0.15) is 0 Å². The predicted molar refractivity (Wildman–Crippen MR) is 77.9 cm³/mol. The van der Waals surface area contributed by atoms with Crippen molar-refractivity contribution < 1.29 is 9.53 Å². The molecule has 1 unspecified atom stereocenters. The number of hydrogen-bond donors (Lipinski definition) is 2. The second-order valence-electron chi connectivity index (χ2n) is 4.75. The Labute approximate surface area is 122 Å². The fourth-order valence-corrected chi connectivity index (χ4v) is 2.53. The van der Waals surface area contributed by atoms with Gasteiger partial charge in [0, 0.05) is 17.6 Å². The molecule has 0 spiro atoms. The Morgan fingerprint density at radius 2 is 2.47 bits per heavy atom. The SMILES string of the molecule is C[C@H](NC(=O)CC1CNCCO1)c1cccc(Br)c1. The van der Waals surface area contributed by atoms with Crippen LogP contribution in [0.1, 0.15) is 24.9 Å². The molecule has 2 atom stereocenters. The van der Waals surface area contributed by atoms with Gasteiger partial charge in [-0.15, -0.1) is 0 Å². The number of ether oxygens (including phenoxy) is 1. The molecule has 104 valence electrons. The highest BCUT2D eigenvalue weighted by Crippen LogP contribution is 2.18. The topological polar surface area (TPSA) is 50.4 Å². The number of rotatable bonds is 4. The molecule has 1 aliphatic rings. The number of amides is 1. The highest BCUT2D eigenvalue weighted by Gasteiger charge is 2.18. The molecule has 1 fully saturated rings. The van der Waals surface area contributed by atoms with Crippen molar-refractivity contribution in [3.8, 4) is 0 Å². The van der Waals surface area contributed by atoms with Gasteiger partial charge in [-0.05, 0) is 24.6 Å². The van der Waals surface area contributed by atoms with Crippen molar-refractivity contribution in [3.63, 3.8) is 0 Å². The van der Waals surface area contributed by atoms with Gasteiger partial charge in [-0.3, -0.25) is 4.79 Å². The summed E-state index contributed by atoms with van der Waals surface area (Å²) < 4.78 is 6.54. The first-order valence-corrected chi connectivity index (χ1v) is 7.31. The van der Waals surface area contributed by atoms with Gasteiger partial charge in [-0.1, -0.05) is 28.1 Å². The quantitative estimate of drug-likeness (QED) is 0.889. The summed E-state index contributed by atoms with van der Waals surface area (Å²) >= 11 is 3.44. The van der Waals surface area contributed by atoms with Gasteiger partial charge < -0.3 is 15.4 Å². The van der Waals surface area contributed by atoms with E-state index in [9.17, 15) is 4.79 Å². The summed E-state index contributed by atoms with van der Waals surface area (Å²) in [5.74, 6) is 0.0289. The van der Waals surface area contributed by atoms with Gasteiger partial charge in [0.05, 0.1) is 25.2 Å². The molecule has 0 radical (unpaired) electrons. The minimum absolute atomic E-state index is 0.00143. The van der Waals surface area contributed by atoms with E-state index < -0.39 is 0 Å². The van der Waals surface area contributed by atoms with Crippen LogP contribution in [0.3, 0.4) is 0 Å². The average molecular weight is 327 g/mol. The molecule has 0 aliphatic carbocycles. The third-order valence-electron chi connectivity index (χ3n) is 3.14. The Bertz CT molecular complexity index is 433. The van der Waals surface area contributed by atoms with E-state index in [2.05, 4.69) is 26.6 Å². The van der Waals surface area contributed by atoms with Gasteiger partial charge in [0.15, 0.2) is 0 Å². The molecule has 1 aromatic rings. The van der Waals surface area contributed by atoms with E-state index in [0.717, 1.165) is 23.1 Å². The number of hydrogen-bond acceptors (Lipinski definition) is 3. The van der Waals surface area contributed by atoms with E-state index in [-0.39, 0.29) is 18.1 Å². The minimum Gasteiger partial charge on any atom is -0.375 e. The average Bonchev–Trinajstić information content (AvgIpc) is 2.39. The van der Waals surface area contributed by atoms with E-state index >= 15 is 0 Å². The molecule has 1 aliphatic heterocycles. The molecule has 5 heteroatoms. The molecule has 4 nitrogen and oxygen atoms in total. The van der Waals surface area contributed by atoms with Crippen LogP contribution in [0.5, 0.6) is 0 Å². The Morgan fingerprint density at radius 1 is 1.63 bits per heavy atom. The molecule has 1 saturated heterocycles. The first-order chi connectivity index (χ1) is 9.15. The van der Waals surface area contributed by atoms with Crippen LogP contribution in [-0.4, -0.2) is 31.7 Å². The monoisotopic (exact) mass is 326 g/mol. The lowest BCUT2D eigenvalue weighted by Crippen LogP contribution is -2.41. The van der Waals surface area contributed by atoms with Crippen molar-refractivity contribution in [2.45, 2.75) is 25.5 Å². The van der Waals surface area contributed by atoms with E-state index in [4.69, 9.17) is 4.74 Å². The third-order valence-corrected chi connectivity index (χ3v) is 3.64. The highest BCUT2D eigenvalue weighted by atomic mass is 79.9. The number of morpholine rings is 1. The summed E-state index contributed by atoms with van der Waals surface area (Å²) in [5, 5.41) is 6.22. The van der Waals surface area contributed by atoms with E-state index in [1.807, 2.05) is 31.2 Å². The summed E-state index contributed by atoms with van der Waals surface area (Å²) in [7, 11) is 0. The van der Waals surface area contributed by atoms with Gasteiger partial charge in [0.2, 0.25) is 5.91 Å². The van der Waals surface area contributed by atoms with Crippen LogP contribution >= 0.6 is 15.9 Å². The second kappa shape index (κ2) is 7.03. The molecular formula is C14H19BrN2O2. The van der Waals surface area contributed by atoms with Crippen LogP contribution in [0.15, 0.2) is 28.7 Å². The van der Waals surface area contributed by atoms with Crippen molar-refractivity contribution >= 4 is 21.8 Å². The van der Waals surface area contributed by atoms with Crippen LogP contribution in [-0.2, 0) is 9.53 Å². The van der Waals surface area contributed by atoms with E-state index in [0.29, 0.717) is 13.0 Å². The Kier molecular flexibility index (Phi) is 5.36. The van der Waals surface area contributed by atoms with E-state index in [1.165, 1.54) is 0 Å². The molecule has 1 aromatic carbocycles. The predicted octanol–water partition coefficient (Wildman–Crippen LogP) is 2.00. The standard InChI is InChI=1S/C14H19BrN2O2/c1-10(11-3-2-4-12(15)7-11)17-14(18)8-13-9-16-5-6-19-13/h2-4,7,10,13,16H,5-6,8-9H2,1H3,(H,17,18)/t10-,13?/m0/s1. The summed E-state index contributed by atoms with van der Waals surface area (Å²) in [6, 6.07) is 7.97. The lowest BCUT2D eigenvalue weighted by molar-refractivity contribution is -0.125. The van der Waals surface area contributed by atoms with Crippen molar-refractivity contribution in [1.82, 2.24) is 10.6 Å². The number of carbonyl (C=O) groups is 1. The maximum Gasteiger partial charge on any atom is 0.223 e. The fourth-order valence-electron chi connectivity index (χ4n) is 2.12. The van der Waals surface area contributed by atoms with Crippen molar-refractivity contribution in [2.24, 2.45) is 0 Å². The molecule has 1 amide bonds. The second-order valence-corrected chi connectivity index (χ2v) is 5.66. The Hall–Kier alpha value is -0.910. The smallest absolute Gasteiger partial charge is 0.223 e. The van der Waals surface area contributed by atoms with Gasteiger partial charge in [-0.2, -0.15) is 0 Å². The molecule has 2 rings (SSSR count). The molecule has 19 heavy (non-hydrogen) atoms. The van der Waals surface area contributed by atoms with Crippen LogP contribution in [0.4, 0.5) is 0 Å². The van der Waals surface area contributed by atoms with E-state index in [1.54, 1.807) is 0 Å². The molecule has 0 bridgehead atoms. The van der Waals surface area contributed by atoms with Crippen molar-refractivity contribution in [2.75, 3.05) is 19.7 Å². The van der Waals surface area contributed by atoms with Gasteiger partial charge >= 0.3 is 0 Å². The molecule has 0 aromatic heterocycles. The minimum atomic E-state index is -0.0107. The Balaban J connectivity index is 1.84. The van der Waals surface area contributed by atoms with Crippen LogP contribution in [0, 0.1) is 0 Å². The van der Waals surface area contributed by atoms with Crippen LogP contribution in [0.2, 0.25) is 0 Å². The van der Waals surface area contributed by atoms with Crippen LogP contribution in [0.25, 0.3) is 0 Å². The zero-order valence-electron chi connectivity index (χ0n) is 11.0. The Morgan fingerprint density at radius 3 is 3.16 bits per heavy atom. The highest BCUT2D eigenvalue weighted by molar-refractivity contribution is 9.10. The maximum atomic E-state index is 11.9. The normalized spacial score (nSPS) is 20.8. The number of halogens is 1. The third kappa shape index (κ3) is 4.60. The molecule has 2 N–H and O–H groups in total. The largest absolute Gasteiger partial charge is 0.375 e. The number of nitrogens with one attached hydrogen (secondary N) is 2. The van der Waals surface area contributed by atoms with Gasteiger partial charge in [-0.25, -0.2) is 0 Å². The summed E-state index contributed by atoms with van der Waals surface area (Å²) in [6.45, 7) is 4.28. The molecule has 0 saturated carbocycles. The lowest BCUT2D eigenvalue weighted by Gasteiger charge is -2.24. The zero-order valence-corrected chi connectivity index (χ0v) is 12.6. The van der Waals surface area contributed by atoms with Crippen LogP contribution < -0.4 is 10.6 Å². The molecule has 1 heterocycles. The molecular weight excluding hydrogens is 308 g/mol. The van der Waals surface area contributed by atoms with Crippen molar-refractivity contribution in [3.05, 3.63) is 34.3 Å². The lowest BCUT2D eigenvalue weighted by atomic mass is 10.1. The maximum absolute atomic E-state index is 11.9. The summed E-state index contributed by atoms with van der Waals surface area (Å²) in [5.41, 5.74) is 1.09. The summed E-state index contributed by atoms with van der Waals surface area (Å²) in [6.07, 6.45) is 0.397. The summed E-state index contributed by atoms with van der Waals surface area (Å²) in [4.78, 5) is 11.9.